The number of carboxylic acids is 1. The van der Waals surface area contributed by atoms with Crippen LogP contribution in [-0.4, -0.2) is 49.9 Å². The van der Waals surface area contributed by atoms with E-state index in [-0.39, 0.29) is 19.4 Å². The highest BCUT2D eigenvalue weighted by Crippen LogP contribution is 2.38. The van der Waals surface area contributed by atoms with Crippen LogP contribution in [0.1, 0.15) is 194 Å². The first kappa shape index (κ1) is 50.2. The summed E-state index contributed by atoms with van der Waals surface area (Å²) in [6, 6.07) is -1.42. The fraction of sp³-hybridized carbons (Fsp3) is 0.875. The molecule has 0 aromatic carbocycles. The predicted octanol–water partition coefficient (Wildman–Crippen LogP) is 7.82. The van der Waals surface area contributed by atoms with E-state index in [1.165, 1.54) is 96.3 Å². The molecule has 0 heterocycles. The molecule has 0 radical (unpaired) electrons. The Balaban J connectivity index is 4.39. The Kier molecular flexibility index (Phi) is 35.0. The number of carbonyl (C=O) groups is 3. The Morgan fingerprint density at radius 3 is 1.40 bits per heavy atom. The lowest BCUT2D eigenvalue weighted by Gasteiger charge is -2.26. The quantitative estimate of drug-likeness (QED) is 0.0281. The van der Waals surface area contributed by atoms with Gasteiger partial charge < -0.3 is 39.0 Å². The third kappa shape index (κ3) is 35.3. The standard InChI is InChI=1S/C40H76NO10P/c1-3-5-7-9-11-13-15-17-18-20-22-24-26-28-30-32-39(43)51-36(34-49-52(46,47)50-35-37(41)40(44)45)33-48-38(42)31-29-27-25-23-21-19-16-14-12-10-8-6-4-2/h17-18,36-37H,3-16,19-35,41H2,1-2H3,(H,44,45)(H,46,47)/p-1/t36-,37+/m1/s1. The molecule has 0 fully saturated rings. The van der Waals surface area contributed by atoms with E-state index in [9.17, 15) is 28.9 Å². The maximum absolute atomic E-state index is 12.6. The zero-order valence-electron chi connectivity index (χ0n) is 33.0. The van der Waals surface area contributed by atoms with Gasteiger partial charge in [-0.15, -0.1) is 0 Å². The van der Waals surface area contributed by atoms with Gasteiger partial charge in [-0.1, -0.05) is 154 Å². The number of allylic oxidation sites excluding steroid dienone is 2. The second kappa shape index (κ2) is 36.2. The van der Waals surface area contributed by atoms with Gasteiger partial charge in [0.15, 0.2) is 6.10 Å². The second-order valence-corrected chi connectivity index (χ2v) is 15.6. The SMILES string of the molecule is CCCCCCCCC=CCCCCCCCC(=O)O[C@H](COC(=O)CCCCCCCCCCCCCCC)COP(=O)([O-])OC[C@H]([NH3+])C(=O)[O-]. The number of aliphatic carboxylic acids is 1. The summed E-state index contributed by atoms with van der Waals surface area (Å²) in [5, 5.41) is 10.8. The molecule has 12 heteroatoms. The highest BCUT2D eigenvalue weighted by molar-refractivity contribution is 7.45. The largest absolute Gasteiger partial charge is 0.756 e. The van der Waals surface area contributed by atoms with Crippen molar-refractivity contribution >= 4 is 25.7 Å². The number of quaternary nitrogens is 1. The molecular formula is C40H75NO10P-. The van der Waals surface area contributed by atoms with E-state index >= 15 is 0 Å². The van der Waals surface area contributed by atoms with Crippen LogP contribution in [0.3, 0.4) is 0 Å². The number of phosphoric ester groups is 1. The lowest BCUT2D eigenvalue weighted by molar-refractivity contribution is -0.441. The fourth-order valence-corrected chi connectivity index (χ4v) is 6.49. The van der Waals surface area contributed by atoms with Crippen LogP contribution in [-0.2, 0) is 37.5 Å². The van der Waals surface area contributed by atoms with Crippen molar-refractivity contribution in [3.63, 3.8) is 0 Å². The normalized spacial score (nSPS) is 13.9. The second-order valence-electron chi connectivity index (χ2n) is 14.2. The van der Waals surface area contributed by atoms with Crippen LogP contribution in [0.25, 0.3) is 0 Å². The molecule has 3 N–H and O–H groups in total. The molecule has 0 aliphatic rings. The average Bonchev–Trinajstić information content (AvgIpc) is 3.12. The Bertz CT molecular complexity index is 947. The summed E-state index contributed by atoms with van der Waals surface area (Å²) >= 11 is 0. The molecule has 11 nitrogen and oxygen atoms in total. The zero-order valence-corrected chi connectivity index (χ0v) is 33.9. The molecule has 0 aromatic heterocycles. The first-order chi connectivity index (χ1) is 25.1. The number of carbonyl (C=O) groups excluding carboxylic acids is 3. The van der Waals surface area contributed by atoms with Crippen LogP contribution in [0.4, 0.5) is 0 Å². The number of unbranched alkanes of at least 4 members (excludes halogenated alkanes) is 23. The molecule has 0 bridgehead atoms. The first-order valence-electron chi connectivity index (χ1n) is 20.7. The first-order valence-corrected chi connectivity index (χ1v) is 22.2. The number of hydrogen-bond acceptors (Lipinski definition) is 10. The summed E-state index contributed by atoms with van der Waals surface area (Å²) in [5.41, 5.74) is 3.24. The lowest BCUT2D eigenvalue weighted by atomic mass is 10.0. The summed E-state index contributed by atoms with van der Waals surface area (Å²) in [6.07, 6.45) is 34.0. The van der Waals surface area contributed by atoms with Crippen molar-refractivity contribution in [3.05, 3.63) is 12.2 Å². The van der Waals surface area contributed by atoms with Gasteiger partial charge in [-0.05, 0) is 38.5 Å². The van der Waals surface area contributed by atoms with Crippen LogP contribution in [0.2, 0.25) is 0 Å². The monoisotopic (exact) mass is 761 g/mol. The summed E-state index contributed by atoms with van der Waals surface area (Å²) in [6.45, 7) is 2.69. The van der Waals surface area contributed by atoms with Gasteiger partial charge >= 0.3 is 11.9 Å². The summed E-state index contributed by atoms with van der Waals surface area (Å²) in [4.78, 5) is 47.9. The summed E-state index contributed by atoms with van der Waals surface area (Å²) in [5.74, 6) is -2.58. The number of rotatable bonds is 39. The Morgan fingerprint density at radius 2 is 0.962 bits per heavy atom. The van der Waals surface area contributed by atoms with Crippen molar-refractivity contribution in [2.45, 2.75) is 206 Å². The third-order valence-electron chi connectivity index (χ3n) is 9.04. The van der Waals surface area contributed by atoms with Gasteiger partial charge in [-0.2, -0.15) is 0 Å². The van der Waals surface area contributed by atoms with E-state index in [1.807, 2.05) is 0 Å². The molecule has 306 valence electrons. The lowest BCUT2D eigenvalue weighted by Crippen LogP contribution is -2.70. The van der Waals surface area contributed by atoms with Gasteiger partial charge in [0, 0.05) is 12.8 Å². The molecule has 0 spiro atoms. The van der Waals surface area contributed by atoms with E-state index in [0.717, 1.165) is 57.8 Å². The van der Waals surface area contributed by atoms with Gasteiger partial charge in [0.05, 0.1) is 6.61 Å². The fourth-order valence-electron chi connectivity index (χ4n) is 5.71. The van der Waals surface area contributed by atoms with Gasteiger partial charge in [0.1, 0.15) is 25.2 Å². The third-order valence-corrected chi connectivity index (χ3v) is 9.97. The molecule has 1 unspecified atom stereocenters. The maximum atomic E-state index is 12.6. The van der Waals surface area contributed by atoms with Crippen molar-refractivity contribution in [1.82, 2.24) is 0 Å². The minimum atomic E-state index is -4.95. The molecule has 0 saturated heterocycles. The number of ether oxygens (including phenoxy) is 2. The van der Waals surface area contributed by atoms with Crippen molar-refractivity contribution in [1.29, 1.82) is 0 Å². The van der Waals surface area contributed by atoms with Crippen LogP contribution in [0.15, 0.2) is 12.2 Å². The molecule has 0 aromatic rings. The van der Waals surface area contributed by atoms with Gasteiger partial charge in [0.25, 0.3) is 7.82 Å². The van der Waals surface area contributed by atoms with Gasteiger partial charge in [-0.3, -0.25) is 14.2 Å². The molecule has 3 atom stereocenters. The van der Waals surface area contributed by atoms with Crippen molar-refractivity contribution in [2.24, 2.45) is 0 Å². The van der Waals surface area contributed by atoms with Gasteiger partial charge in [0.2, 0.25) is 0 Å². The van der Waals surface area contributed by atoms with E-state index in [0.29, 0.717) is 12.8 Å². The van der Waals surface area contributed by atoms with Crippen LogP contribution >= 0.6 is 7.82 Å². The highest BCUT2D eigenvalue weighted by Gasteiger charge is 2.22. The van der Waals surface area contributed by atoms with E-state index < -0.39 is 51.1 Å². The Labute approximate surface area is 316 Å². The zero-order chi connectivity index (χ0) is 38.5. The molecule has 0 aliphatic heterocycles. The average molecular weight is 761 g/mol. The molecule has 0 aliphatic carbocycles. The molecule has 0 rings (SSSR count). The predicted molar refractivity (Wildman–Crippen MR) is 202 cm³/mol. The maximum Gasteiger partial charge on any atom is 0.306 e. The van der Waals surface area contributed by atoms with Crippen molar-refractivity contribution < 1.29 is 53.2 Å². The van der Waals surface area contributed by atoms with E-state index in [4.69, 9.17) is 14.0 Å². The van der Waals surface area contributed by atoms with E-state index in [1.54, 1.807) is 0 Å². The highest BCUT2D eigenvalue weighted by atomic mass is 31.2. The number of carboxylic acid groups (broad SMARTS) is 1. The van der Waals surface area contributed by atoms with Gasteiger partial charge in [-0.25, -0.2) is 0 Å². The van der Waals surface area contributed by atoms with E-state index in [2.05, 4.69) is 36.3 Å². The number of hydrogen-bond donors (Lipinski definition) is 1. The van der Waals surface area contributed by atoms with Crippen LogP contribution < -0.4 is 15.7 Å². The Hall–Kier alpha value is -1.78. The molecule has 0 saturated carbocycles. The molecular weight excluding hydrogens is 685 g/mol. The minimum absolute atomic E-state index is 0.141. The smallest absolute Gasteiger partial charge is 0.306 e. The summed E-state index contributed by atoms with van der Waals surface area (Å²) < 4.78 is 32.3. The van der Waals surface area contributed by atoms with Crippen molar-refractivity contribution in [2.75, 3.05) is 19.8 Å². The minimum Gasteiger partial charge on any atom is -0.756 e. The number of esters is 2. The summed E-state index contributed by atoms with van der Waals surface area (Å²) in [7, 11) is -4.95. The topological polar surface area (TPSA) is 179 Å². The van der Waals surface area contributed by atoms with Crippen LogP contribution in [0.5, 0.6) is 0 Å². The van der Waals surface area contributed by atoms with Crippen molar-refractivity contribution in [3.8, 4) is 0 Å². The number of phosphoric acid groups is 1. The van der Waals surface area contributed by atoms with Crippen LogP contribution in [0, 0.1) is 0 Å². The molecule has 52 heavy (non-hydrogen) atoms. The Morgan fingerprint density at radius 1 is 0.577 bits per heavy atom. The molecule has 0 amide bonds.